The van der Waals surface area contributed by atoms with Crippen molar-refractivity contribution in [2.75, 3.05) is 12.3 Å². The van der Waals surface area contributed by atoms with E-state index in [0.29, 0.717) is 5.88 Å². The van der Waals surface area contributed by atoms with E-state index >= 15 is 0 Å². The smallest absolute Gasteiger partial charge is 0.230 e. The van der Waals surface area contributed by atoms with Gasteiger partial charge in [-0.05, 0) is 29.3 Å². The molecule has 1 aliphatic rings. The molecule has 104 valence electrons. The number of hydrogen-bond acceptors (Lipinski definition) is 4. The lowest BCUT2D eigenvalue weighted by atomic mass is 9.99. The van der Waals surface area contributed by atoms with Gasteiger partial charge in [-0.3, -0.25) is 0 Å². The molecule has 4 heteroatoms. The minimum absolute atomic E-state index is 0.341. The molecule has 1 aliphatic heterocycles. The summed E-state index contributed by atoms with van der Waals surface area (Å²) in [5, 5.41) is 4.15. The summed E-state index contributed by atoms with van der Waals surface area (Å²) in [4.78, 5) is 0. The van der Waals surface area contributed by atoms with Gasteiger partial charge in [-0.1, -0.05) is 35.5 Å². The molecule has 0 aliphatic carbocycles. The van der Waals surface area contributed by atoms with E-state index in [0.717, 1.165) is 41.2 Å². The Labute approximate surface area is 122 Å². The van der Waals surface area contributed by atoms with Gasteiger partial charge < -0.3 is 15.0 Å². The fourth-order valence-electron chi connectivity index (χ4n) is 2.72. The first-order chi connectivity index (χ1) is 10.3. The topological polar surface area (TPSA) is 61.3 Å². The summed E-state index contributed by atoms with van der Waals surface area (Å²) >= 11 is 0. The van der Waals surface area contributed by atoms with Crippen molar-refractivity contribution in [3.8, 4) is 28.1 Å². The van der Waals surface area contributed by atoms with Gasteiger partial charge in [-0.2, -0.15) is 0 Å². The van der Waals surface area contributed by atoms with Crippen LogP contribution in [0, 0.1) is 0 Å². The second-order valence-corrected chi connectivity index (χ2v) is 5.06. The molecule has 4 rings (SSSR count). The number of ether oxygens (including phenoxy) is 1. The molecule has 0 saturated carbocycles. The second kappa shape index (κ2) is 4.66. The fourth-order valence-corrected chi connectivity index (χ4v) is 2.72. The molecule has 0 amide bonds. The van der Waals surface area contributed by atoms with E-state index in [1.807, 2.05) is 42.5 Å². The van der Waals surface area contributed by atoms with E-state index in [9.17, 15) is 0 Å². The van der Waals surface area contributed by atoms with E-state index in [2.05, 4.69) is 11.2 Å². The highest BCUT2D eigenvalue weighted by Crippen LogP contribution is 2.38. The molecule has 1 aromatic heterocycles. The number of benzene rings is 2. The molecule has 0 spiro atoms. The summed E-state index contributed by atoms with van der Waals surface area (Å²) in [6.45, 7) is 0.741. The predicted octanol–water partition coefficient (Wildman–Crippen LogP) is 3.53. The molecular weight excluding hydrogens is 264 g/mol. The van der Waals surface area contributed by atoms with Crippen LogP contribution in [0.4, 0.5) is 5.88 Å². The van der Waals surface area contributed by atoms with Gasteiger partial charge in [-0.25, -0.2) is 0 Å². The Morgan fingerprint density at radius 2 is 1.86 bits per heavy atom. The van der Waals surface area contributed by atoms with Gasteiger partial charge in [0.1, 0.15) is 11.4 Å². The van der Waals surface area contributed by atoms with E-state index in [-0.39, 0.29) is 0 Å². The Morgan fingerprint density at radius 1 is 1.00 bits per heavy atom. The minimum atomic E-state index is 0.341. The van der Waals surface area contributed by atoms with Crippen LogP contribution in [-0.4, -0.2) is 11.8 Å². The van der Waals surface area contributed by atoms with Crippen molar-refractivity contribution in [1.82, 2.24) is 5.16 Å². The molecule has 0 radical (unpaired) electrons. The third-order valence-corrected chi connectivity index (χ3v) is 3.74. The van der Waals surface area contributed by atoms with Gasteiger partial charge >= 0.3 is 0 Å². The zero-order valence-corrected chi connectivity index (χ0v) is 11.4. The second-order valence-electron chi connectivity index (χ2n) is 5.06. The number of nitrogens with zero attached hydrogens (tertiary/aromatic N) is 1. The average Bonchev–Trinajstić information content (AvgIpc) is 3.13. The van der Waals surface area contributed by atoms with Gasteiger partial charge in [-0.15, -0.1) is 0 Å². The lowest BCUT2D eigenvalue weighted by molar-refractivity contribution is 0.357. The van der Waals surface area contributed by atoms with Crippen LogP contribution in [0.5, 0.6) is 5.75 Å². The van der Waals surface area contributed by atoms with Gasteiger partial charge in [0.2, 0.25) is 5.88 Å². The zero-order chi connectivity index (χ0) is 14.2. The summed E-state index contributed by atoms with van der Waals surface area (Å²) < 4.78 is 10.8. The monoisotopic (exact) mass is 278 g/mol. The Morgan fingerprint density at radius 3 is 2.71 bits per heavy atom. The number of aromatic nitrogens is 1. The molecule has 0 saturated heterocycles. The quantitative estimate of drug-likeness (QED) is 0.779. The van der Waals surface area contributed by atoms with Crippen LogP contribution in [0.2, 0.25) is 0 Å². The first-order valence-electron chi connectivity index (χ1n) is 6.89. The van der Waals surface area contributed by atoms with Crippen molar-refractivity contribution in [2.24, 2.45) is 0 Å². The van der Waals surface area contributed by atoms with E-state index in [1.54, 1.807) is 0 Å². The highest BCUT2D eigenvalue weighted by Gasteiger charge is 2.19. The van der Waals surface area contributed by atoms with Crippen molar-refractivity contribution in [1.29, 1.82) is 0 Å². The van der Waals surface area contributed by atoms with E-state index in [4.69, 9.17) is 15.0 Å². The lowest BCUT2D eigenvalue weighted by Gasteiger charge is -2.04. The van der Waals surface area contributed by atoms with Crippen LogP contribution in [0.1, 0.15) is 5.56 Å². The maximum Gasteiger partial charge on any atom is 0.230 e. The minimum Gasteiger partial charge on any atom is -0.493 e. The van der Waals surface area contributed by atoms with Crippen LogP contribution < -0.4 is 10.5 Å². The summed E-state index contributed by atoms with van der Waals surface area (Å²) in [7, 11) is 0. The largest absolute Gasteiger partial charge is 0.493 e. The van der Waals surface area contributed by atoms with Crippen LogP contribution in [0.25, 0.3) is 22.4 Å². The molecule has 2 aromatic carbocycles. The standard InChI is InChI=1S/C17H14N2O2/c18-17-15(11-4-2-1-3-5-11)16(19-21-17)13-6-7-14-12(10-13)8-9-20-14/h1-7,10H,8-9,18H2. The zero-order valence-electron chi connectivity index (χ0n) is 11.4. The Kier molecular flexibility index (Phi) is 2.67. The van der Waals surface area contributed by atoms with Crippen molar-refractivity contribution < 1.29 is 9.26 Å². The average molecular weight is 278 g/mol. The lowest BCUT2D eigenvalue weighted by Crippen LogP contribution is -1.88. The van der Waals surface area contributed by atoms with Crippen molar-refractivity contribution in [3.63, 3.8) is 0 Å². The number of nitrogen functional groups attached to an aromatic ring is 1. The Balaban J connectivity index is 1.87. The van der Waals surface area contributed by atoms with Crippen LogP contribution in [0.3, 0.4) is 0 Å². The highest BCUT2D eigenvalue weighted by molar-refractivity contribution is 5.87. The number of nitrogens with two attached hydrogens (primary N) is 1. The molecule has 2 N–H and O–H groups in total. The third-order valence-electron chi connectivity index (χ3n) is 3.74. The van der Waals surface area contributed by atoms with Gasteiger partial charge in [0.25, 0.3) is 0 Å². The molecule has 2 heterocycles. The molecule has 21 heavy (non-hydrogen) atoms. The highest BCUT2D eigenvalue weighted by atomic mass is 16.5. The van der Waals surface area contributed by atoms with E-state index < -0.39 is 0 Å². The van der Waals surface area contributed by atoms with Crippen LogP contribution in [-0.2, 0) is 6.42 Å². The van der Waals surface area contributed by atoms with Crippen molar-refractivity contribution in [2.45, 2.75) is 6.42 Å². The van der Waals surface area contributed by atoms with Gasteiger partial charge in [0.15, 0.2) is 0 Å². The summed E-state index contributed by atoms with van der Waals surface area (Å²) in [6.07, 6.45) is 0.928. The summed E-state index contributed by atoms with van der Waals surface area (Å²) in [5.41, 5.74) is 10.8. The van der Waals surface area contributed by atoms with Crippen molar-refractivity contribution >= 4 is 5.88 Å². The Hall–Kier alpha value is -2.75. The maximum atomic E-state index is 5.97. The van der Waals surface area contributed by atoms with Gasteiger partial charge in [0, 0.05) is 12.0 Å². The first-order valence-corrected chi connectivity index (χ1v) is 6.89. The number of hydrogen-bond donors (Lipinski definition) is 1. The van der Waals surface area contributed by atoms with Crippen LogP contribution in [0.15, 0.2) is 53.1 Å². The molecule has 4 nitrogen and oxygen atoms in total. The molecule has 0 atom stereocenters. The summed E-state index contributed by atoms with van der Waals surface area (Å²) in [5.74, 6) is 1.30. The number of rotatable bonds is 2. The molecule has 0 bridgehead atoms. The van der Waals surface area contributed by atoms with Gasteiger partial charge in [0.05, 0.1) is 12.2 Å². The maximum absolute atomic E-state index is 5.97. The molecular formula is C17H14N2O2. The number of anilines is 1. The third kappa shape index (κ3) is 1.96. The fraction of sp³-hybridized carbons (Fsp3) is 0.118. The van der Waals surface area contributed by atoms with Crippen molar-refractivity contribution in [3.05, 3.63) is 54.1 Å². The molecule has 3 aromatic rings. The normalized spacial score (nSPS) is 13.0. The Bertz CT molecular complexity index is 794. The number of fused-ring (bicyclic) bond motifs is 1. The van der Waals surface area contributed by atoms with E-state index in [1.165, 1.54) is 5.56 Å². The SMILES string of the molecule is Nc1onc(-c2ccc3c(c2)CCO3)c1-c1ccccc1. The van der Waals surface area contributed by atoms with Crippen LogP contribution >= 0.6 is 0 Å². The first kappa shape index (κ1) is 12.0. The molecule has 0 unspecified atom stereocenters. The molecule has 0 fully saturated rings. The predicted molar refractivity (Wildman–Crippen MR) is 81.0 cm³/mol. The summed E-state index contributed by atoms with van der Waals surface area (Å²) in [6, 6.07) is 16.0.